The van der Waals surface area contributed by atoms with Crippen molar-refractivity contribution in [3.8, 4) is 0 Å². The monoisotopic (exact) mass is 319 g/mol. The summed E-state index contributed by atoms with van der Waals surface area (Å²) in [6, 6.07) is 15.0. The molecule has 1 heteroatoms. The average Bonchev–Trinajstić information content (AvgIpc) is 2.49. The summed E-state index contributed by atoms with van der Waals surface area (Å²) in [5, 5.41) is 0. The summed E-state index contributed by atoms with van der Waals surface area (Å²) in [6.45, 7) is 17.1. The van der Waals surface area contributed by atoms with Gasteiger partial charge in [0.2, 0.25) is 0 Å². The van der Waals surface area contributed by atoms with Crippen molar-refractivity contribution in [1.82, 2.24) is 0 Å². The normalized spacial score (nSPS) is 12.3. The molecule has 0 amide bonds. The van der Waals surface area contributed by atoms with Gasteiger partial charge in [0, 0.05) is 11.3 Å². The molecule has 0 spiro atoms. The molecule has 0 aliphatic carbocycles. The second-order valence-electron chi connectivity index (χ2n) is 7.88. The van der Waals surface area contributed by atoms with E-state index in [-0.39, 0.29) is 5.41 Å². The van der Waals surface area contributed by atoms with E-state index >= 15 is 0 Å². The molecule has 0 bridgehead atoms. The van der Waals surface area contributed by atoms with Crippen LogP contribution in [0.2, 0.25) is 0 Å². The third kappa shape index (κ3) is 4.67. The minimum atomic E-state index is 0.276. The highest BCUT2D eigenvalue weighted by Crippen LogP contribution is 2.27. The Morgan fingerprint density at radius 1 is 1.00 bits per heavy atom. The predicted molar refractivity (Wildman–Crippen MR) is 107 cm³/mol. The summed E-state index contributed by atoms with van der Waals surface area (Å²) in [7, 11) is 0. The highest BCUT2D eigenvalue weighted by molar-refractivity contribution is 6.04. The Morgan fingerprint density at radius 2 is 1.62 bits per heavy atom. The number of rotatable bonds is 4. The number of aliphatic imine (C=N–C) groups is 1. The molecule has 2 aromatic carbocycles. The number of hydrogen-bond donors (Lipinski definition) is 0. The van der Waals surface area contributed by atoms with Crippen LogP contribution in [0.5, 0.6) is 0 Å². The van der Waals surface area contributed by atoms with E-state index in [0.717, 1.165) is 29.0 Å². The molecule has 126 valence electrons. The van der Waals surface area contributed by atoms with Crippen molar-refractivity contribution in [3.05, 3.63) is 71.3 Å². The molecule has 1 nitrogen and oxygen atoms in total. The fourth-order valence-electron chi connectivity index (χ4n) is 2.91. The zero-order chi connectivity index (χ0) is 17.9. The fourth-order valence-corrected chi connectivity index (χ4v) is 2.91. The van der Waals surface area contributed by atoms with Gasteiger partial charge < -0.3 is 0 Å². The Morgan fingerprint density at radius 3 is 2.21 bits per heavy atom. The Labute approximate surface area is 147 Å². The molecule has 0 heterocycles. The van der Waals surface area contributed by atoms with Crippen LogP contribution in [0, 0.1) is 12.3 Å². The first-order valence-corrected chi connectivity index (χ1v) is 8.57. The summed E-state index contributed by atoms with van der Waals surface area (Å²) in [4.78, 5) is 4.94. The molecule has 0 N–H and O–H groups in total. The summed E-state index contributed by atoms with van der Waals surface area (Å²) >= 11 is 0. The molecular formula is C23H29N. The van der Waals surface area contributed by atoms with E-state index in [2.05, 4.69) is 83.7 Å². The van der Waals surface area contributed by atoms with Gasteiger partial charge in [0.1, 0.15) is 0 Å². The van der Waals surface area contributed by atoms with Crippen molar-refractivity contribution in [2.45, 2.75) is 48.0 Å². The molecule has 0 unspecified atom stereocenters. The number of hydrogen-bond acceptors (Lipinski definition) is 1. The van der Waals surface area contributed by atoms with E-state index in [4.69, 9.17) is 4.99 Å². The molecule has 0 aliphatic rings. The standard InChI is InChI=1S/C23H29N/c1-16(2)20-10-8-9-11-21(20)18(4)24-22-14-19(13-12-17(22)3)15-23(5,6)7/h8-14H,1,15H2,2-7H3. The van der Waals surface area contributed by atoms with E-state index in [1.54, 1.807) is 0 Å². The third-order valence-electron chi connectivity index (χ3n) is 4.07. The van der Waals surface area contributed by atoms with Gasteiger partial charge in [0.25, 0.3) is 0 Å². The number of allylic oxidation sites excluding steroid dienone is 1. The summed E-state index contributed by atoms with van der Waals surface area (Å²) in [6.07, 6.45) is 1.05. The molecule has 2 aromatic rings. The largest absolute Gasteiger partial charge is 0.253 e. The Bertz CT molecular complexity index is 773. The Kier molecular flexibility index (Phi) is 5.43. The van der Waals surface area contributed by atoms with Crippen molar-refractivity contribution >= 4 is 17.0 Å². The van der Waals surface area contributed by atoms with Crippen LogP contribution in [0.25, 0.3) is 5.57 Å². The maximum atomic E-state index is 4.94. The average molecular weight is 319 g/mol. The smallest absolute Gasteiger partial charge is 0.0664 e. The van der Waals surface area contributed by atoms with Crippen molar-refractivity contribution < 1.29 is 0 Å². The maximum Gasteiger partial charge on any atom is 0.0664 e. The summed E-state index contributed by atoms with van der Waals surface area (Å²) < 4.78 is 0. The van der Waals surface area contributed by atoms with E-state index in [1.807, 2.05) is 6.92 Å². The van der Waals surface area contributed by atoms with Gasteiger partial charge in [-0.05, 0) is 55.4 Å². The van der Waals surface area contributed by atoms with E-state index < -0.39 is 0 Å². The number of benzene rings is 2. The lowest BCUT2D eigenvalue weighted by Gasteiger charge is -2.18. The molecular weight excluding hydrogens is 290 g/mol. The zero-order valence-electron chi connectivity index (χ0n) is 15.9. The molecule has 0 aromatic heterocycles. The van der Waals surface area contributed by atoms with Gasteiger partial charge in [-0.3, -0.25) is 4.99 Å². The van der Waals surface area contributed by atoms with Crippen molar-refractivity contribution in [2.24, 2.45) is 10.4 Å². The minimum Gasteiger partial charge on any atom is -0.253 e. The first-order chi connectivity index (χ1) is 11.2. The molecule has 0 saturated heterocycles. The first-order valence-electron chi connectivity index (χ1n) is 8.57. The first kappa shape index (κ1) is 18.2. The van der Waals surface area contributed by atoms with Crippen LogP contribution in [-0.2, 0) is 6.42 Å². The molecule has 24 heavy (non-hydrogen) atoms. The van der Waals surface area contributed by atoms with Gasteiger partial charge in [0.15, 0.2) is 0 Å². The van der Waals surface area contributed by atoms with Gasteiger partial charge in [-0.25, -0.2) is 0 Å². The van der Waals surface area contributed by atoms with Crippen LogP contribution in [0.1, 0.15) is 56.9 Å². The number of aryl methyl sites for hydroxylation is 1. The highest BCUT2D eigenvalue weighted by Gasteiger charge is 2.12. The van der Waals surface area contributed by atoms with Crippen LogP contribution < -0.4 is 0 Å². The van der Waals surface area contributed by atoms with Crippen molar-refractivity contribution in [3.63, 3.8) is 0 Å². The SMILES string of the molecule is C=C(C)c1ccccc1C(C)=Nc1cc(CC(C)(C)C)ccc1C. The molecule has 0 atom stereocenters. The summed E-state index contributed by atoms with van der Waals surface area (Å²) in [5.41, 5.74) is 8.31. The maximum absolute atomic E-state index is 4.94. The highest BCUT2D eigenvalue weighted by atomic mass is 14.7. The topological polar surface area (TPSA) is 12.4 Å². The lowest BCUT2D eigenvalue weighted by molar-refractivity contribution is 0.411. The predicted octanol–water partition coefficient (Wildman–Crippen LogP) is 6.76. The van der Waals surface area contributed by atoms with E-state index in [9.17, 15) is 0 Å². The fraction of sp³-hybridized carbons (Fsp3) is 0.348. The van der Waals surface area contributed by atoms with E-state index in [0.29, 0.717) is 0 Å². The number of nitrogens with zero attached hydrogens (tertiary/aromatic N) is 1. The van der Waals surface area contributed by atoms with Gasteiger partial charge in [-0.15, -0.1) is 0 Å². The zero-order valence-corrected chi connectivity index (χ0v) is 15.9. The van der Waals surface area contributed by atoms with Crippen LogP contribution in [0.4, 0.5) is 5.69 Å². The van der Waals surface area contributed by atoms with Gasteiger partial charge in [0.05, 0.1) is 5.69 Å². The van der Waals surface area contributed by atoms with Gasteiger partial charge >= 0.3 is 0 Å². The van der Waals surface area contributed by atoms with Gasteiger partial charge in [-0.1, -0.05) is 69.3 Å². The van der Waals surface area contributed by atoms with Gasteiger partial charge in [-0.2, -0.15) is 0 Å². The van der Waals surface area contributed by atoms with Crippen LogP contribution in [0.15, 0.2) is 54.0 Å². The lowest BCUT2D eigenvalue weighted by atomic mass is 9.87. The Balaban J connectivity index is 2.44. The second kappa shape index (κ2) is 7.17. The lowest BCUT2D eigenvalue weighted by Crippen LogP contribution is -2.09. The molecule has 0 fully saturated rings. The van der Waals surface area contributed by atoms with Crippen LogP contribution in [0.3, 0.4) is 0 Å². The molecule has 0 radical (unpaired) electrons. The molecule has 2 rings (SSSR count). The summed E-state index contributed by atoms with van der Waals surface area (Å²) in [5.74, 6) is 0. The van der Waals surface area contributed by atoms with Crippen molar-refractivity contribution in [2.75, 3.05) is 0 Å². The van der Waals surface area contributed by atoms with Crippen LogP contribution in [-0.4, -0.2) is 5.71 Å². The molecule has 0 saturated carbocycles. The molecule has 0 aliphatic heterocycles. The third-order valence-corrected chi connectivity index (χ3v) is 4.07. The second-order valence-corrected chi connectivity index (χ2v) is 7.88. The van der Waals surface area contributed by atoms with E-state index in [1.165, 1.54) is 16.7 Å². The van der Waals surface area contributed by atoms with Crippen molar-refractivity contribution in [1.29, 1.82) is 0 Å². The minimum absolute atomic E-state index is 0.276. The van der Waals surface area contributed by atoms with Crippen LogP contribution >= 0.6 is 0 Å². The Hall–Kier alpha value is -2.15. The quantitative estimate of drug-likeness (QED) is 0.552.